The highest BCUT2D eigenvalue weighted by molar-refractivity contribution is 6.09. The molecule has 1 atom stereocenters. The zero-order valence-corrected chi connectivity index (χ0v) is 12.5. The van der Waals surface area contributed by atoms with E-state index < -0.39 is 23.6 Å². The van der Waals surface area contributed by atoms with E-state index in [-0.39, 0.29) is 6.42 Å². The number of hydrazine groups is 1. The summed E-state index contributed by atoms with van der Waals surface area (Å²) < 4.78 is 10.2. The minimum atomic E-state index is -1.01. The average Bonchev–Trinajstić information content (AvgIpc) is 2.73. The molecule has 0 bridgehead atoms. The van der Waals surface area contributed by atoms with Gasteiger partial charge in [-0.15, -0.1) is 0 Å². The summed E-state index contributed by atoms with van der Waals surface area (Å²) in [7, 11) is 4.41. The second kappa shape index (κ2) is 6.33. The predicted molar refractivity (Wildman–Crippen MR) is 77.2 cm³/mol. The smallest absolute Gasteiger partial charge is 0.253 e. The van der Waals surface area contributed by atoms with Crippen LogP contribution >= 0.6 is 0 Å². The molecule has 1 heterocycles. The minimum absolute atomic E-state index is 0.241. The summed E-state index contributed by atoms with van der Waals surface area (Å²) in [5, 5.41) is 3.70. The van der Waals surface area contributed by atoms with Gasteiger partial charge in [-0.2, -0.15) is 0 Å². The Morgan fingerprint density at radius 2 is 2.05 bits per heavy atom. The van der Waals surface area contributed by atoms with Crippen LogP contribution in [-0.4, -0.2) is 44.0 Å². The van der Waals surface area contributed by atoms with Gasteiger partial charge in [0.05, 0.1) is 19.9 Å². The Kier molecular flexibility index (Phi) is 4.50. The van der Waals surface area contributed by atoms with Crippen LogP contribution in [-0.2, 0) is 14.4 Å². The molecule has 3 amide bonds. The number of benzene rings is 1. The van der Waals surface area contributed by atoms with Crippen molar-refractivity contribution in [1.82, 2.24) is 10.4 Å². The Bertz CT molecular complexity index is 616. The summed E-state index contributed by atoms with van der Waals surface area (Å²) in [5.74, 6) is -1.39. The van der Waals surface area contributed by atoms with Crippen LogP contribution in [0.2, 0.25) is 0 Å². The number of methoxy groups -OCH3 is 2. The first-order valence-corrected chi connectivity index (χ1v) is 6.56. The second-order valence-electron chi connectivity index (χ2n) is 4.74. The van der Waals surface area contributed by atoms with Gasteiger partial charge < -0.3 is 14.8 Å². The summed E-state index contributed by atoms with van der Waals surface area (Å²) in [6.07, 6.45) is -0.241. The summed E-state index contributed by atoms with van der Waals surface area (Å²) >= 11 is 0. The van der Waals surface area contributed by atoms with Crippen molar-refractivity contribution in [1.29, 1.82) is 0 Å². The van der Waals surface area contributed by atoms with E-state index in [0.717, 1.165) is 5.01 Å². The number of anilines is 1. The van der Waals surface area contributed by atoms with E-state index in [1.807, 2.05) is 0 Å². The third kappa shape index (κ3) is 3.11. The number of carbonyl (C=O) groups is 3. The van der Waals surface area contributed by atoms with E-state index in [2.05, 4.69) is 10.7 Å². The van der Waals surface area contributed by atoms with Gasteiger partial charge in [0.2, 0.25) is 5.91 Å². The molecule has 0 radical (unpaired) electrons. The van der Waals surface area contributed by atoms with Crippen LogP contribution in [0.3, 0.4) is 0 Å². The SMILES string of the molecule is COc1ccc(OC)c(NC(=O)CC2C(=O)NN(C)C2=O)c1. The number of ether oxygens (including phenoxy) is 2. The lowest BCUT2D eigenvalue weighted by Crippen LogP contribution is -2.31. The zero-order chi connectivity index (χ0) is 16.3. The molecule has 1 aliphatic rings. The van der Waals surface area contributed by atoms with Crippen LogP contribution in [0.4, 0.5) is 5.69 Å². The molecule has 0 aromatic heterocycles. The van der Waals surface area contributed by atoms with Crippen LogP contribution in [0.1, 0.15) is 6.42 Å². The van der Waals surface area contributed by atoms with Gasteiger partial charge in [-0.05, 0) is 12.1 Å². The molecule has 0 aliphatic carbocycles. The van der Waals surface area contributed by atoms with Crippen molar-refractivity contribution in [3.05, 3.63) is 18.2 Å². The number of nitrogens with zero attached hydrogens (tertiary/aromatic N) is 1. The molecule has 1 unspecified atom stereocenters. The van der Waals surface area contributed by atoms with Crippen LogP contribution in [0.25, 0.3) is 0 Å². The fraction of sp³-hybridized carbons (Fsp3) is 0.357. The maximum atomic E-state index is 12.1. The molecule has 0 saturated carbocycles. The lowest BCUT2D eigenvalue weighted by Gasteiger charge is -2.12. The Labute approximate surface area is 127 Å². The lowest BCUT2D eigenvalue weighted by molar-refractivity contribution is -0.134. The van der Waals surface area contributed by atoms with Crippen LogP contribution in [0.5, 0.6) is 11.5 Å². The molecular weight excluding hydrogens is 290 g/mol. The van der Waals surface area contributed by atoms with E-state index in [1.165, 1.54) is 21.3 Å². The second-order valence-corrected chi connectivity index (χ2v) is 4.74. The monoisotopic (exact) mass is 307 g/mol. The summed E-state index contributed by atoms with van der Waals surface area (Å²) in [6.45, 7) is 0. The molecular formula is C14H17N3O5. The molecule has 1 aromatic carbocycles. The van der Waals surface area contributed by atoms with E-state index in [9.17, 15) is 14.4 Å². The number of amides is 3. The Morgan fingerprint density at radius 3 is 2.59 bits per heavy atom. The third-order valence-electron chi connectivity index (χ3n) is 3.29. The summed E-state index contributed by atoms with van der Waals surface area (Å²) in [6, 6.07) is 4.94. The average molecular weight is 307 g/mol. The van der Waals surface area contributed by atoms with Crippen molar-refractivity contribution in [2.24, 2.45) is 5.92 Å². The van der Waals surface area contributed by atoms with Crippen LogP contribution in [0, 0.1) is 5.92 Å². The highest BCUT2D eigenvalue weighted by atomic mass is 16.5. The Morgan fingerprint density at radius 1 is 1.32 bits per heavy atom. The molecule has 1 saturated heterocycles. The number of nitrogens with one attached hydrogen (secondary N) is 2. The van der Waals surface area contributed by atoms with Gasteiger partial charge in [-0.3, -0.25) is 24.8 Å². The van der Waals surface area contributed by atoms with Gasteiger partial charge in [0.15, 0.2) is 0 Å². The first-order chi connectivity index (χ1) is 10.5. The largest absolute Gasteiger partial charge is 0.497 e. The van der Waals surface area contributed by atoms with Crippen molar-refractivity contribution in [3.63, 3.8) is 0 Å². The van der Waals surface area contributed by atoms with Crippen molar-refractivity contribution < 1.29 is 23.9 Å². The van der Waals surface area contributed by atoms with E-state index in [0.29, 0.717) is 17.2 Å². The number of hydrogen-bond donors (Lipinski definition) is 2. The van der Waals surface area contributed by atoms with Gasteiger partial charge in [0.25, 0.3) is 11.8 Å². The lowest BCUT2D eigenvalue weighted by atomic mass is 10.0. The molecule has 8 heteroatoms. The number of rotatable bonds is 5. The first-order valence-electron chi connectivity index (χ1n) is 6.56. The van der Waals surface area contributed by atoms with Gasteiger partial charge >= 0.3 is 0 Å². The van der Waals surface area contributed by atoms with Gasteiger partial charge in [-0.1, -0.05) is 0 Å². The van der Waals surface area contributed by atoms with E-state index >= 15 is 0 Å². The molecule has 22 heavy (non-hydrogen) atoms. The molecule has 8 nitrogen and oxygen atoms in total. The van der Waals surface area contributed by atoms with Gasteiger partial charge in [-0.25, -0.2) is 0 Å². The number of carbonyl (C=O) groups excluding carboxylic acids is 3. The van der Waals surface area contributed by atoms with E-state index in [4.69, 9.17) is 9.47 Å². The molecule has 2 rings (SSSR count). The number of hydrogen-bond acceptors (Lipinski definition) is 5. The highest BCUT2D eigenvalue weighted by Crippen LogP contribution is 2.29. The van der Waals surface area contributed by atoms with Crippen molar-refractivity contribution in [2.45, 2.75) is 6.42 Å². The quantitative estimate of drug-likeness (QED) is 0.755. The third-order valence-corrected chi connectivity index (χ3v) is 3.29. The Hall–Kier alpha value is -2.77. The highest BCUT2D eigenvalue weighted by Gasteiger charge is 2.38. The molecule has 118 valence electrons. The first kappa shape index (κ1) is 15.6. The fourth-order valence-electron chi connectivity index (χ4n) is 2.12. The topological polar surface area (TPSA) is 97.0 Å². The van der Waals surface area contributed by atoms with Gasteiger partial charge in [0.1, 0.15) is 17.4 Å². The molecule has 2 N–H and O–H groups in total. The zero-order valence-electron chi connectivity index (χ0n) is 12.5. The molecule has 1 fully saturated rings. The summed E-state index contributed by atoms with van der Waals surface area (Å²) in [5.41, 5.74) is 2.76. The normalized spacial score (nSPS) is 17.2. The van der Waals surface area contributed by atoms with Crippen molar-refractivity contribution >= 4 is 23.4 Å². The minimum Gasteiger partial charge on any atom is -0.497 e. The fourth-order valence-corrected chi connectivity index (χ4v) is 2.12. The van der Waals surface area contributed by atoms with Gasteiger partial charge in [0, 0.05) is 19.5 Å². The predicted octanol–water partition coefficient (Wildman–Crippen LogP) is 0.152. The summed E-state index contributed by atoms with van der Waals surface area (Å²) in [4.78, 5) is 35.4. The maximum Gasteiger partial charge on any atom is 0.253 e. The molecule has 0 spiro atoms. The van der Waals surface area contributed by atoms with E-state index in [1.54, 1.807) is 18.2 Å². The van der Waals surface area contributed by atoms with Crippen LogP contribution in [0.15, 0.2) is 18.2 Å². The molecule has 1 aliphatic heterocycles. The van der Waals surface area contributed by atoms with Crippen LogP contribution < -0.4 is 20.2 Å². The van der Waals surface area contributed by atoms with Crippen molar-refractivity contribution in [2.75, 3.05) is 26.6 Å². The molecule has 1 aromatic rings. The van der Waals surface area contributed by atoms with Crippen molar-refractivity contribution in [3.8, 4) is 11.5 Å². The standard InChI is InChI=1S/C14H17N3O5/c1-17-14(20)9(13(19)16-17)7-12(18)15-10-6-8(21-2)4-5-11(10)22-3/h4-6,9H,7H2,1-3H3,(H,15,18)(H,16,19). The Balaban J connectivity index is 2.09. The maximum absolute atomic E-state index is 12.1.